The molecule has 21 heavy (non-hydrogen) atoms. The second-order valence-electron chi connectivity index (χ2n) is 4.26. The Kier molecular flexibility index (Phi) is 4.78. The molecule has 0 aliphatic carbocycles. The van der Waals surface area contributed by atoms with Crippen molar-refractivity contribution in [1.29, 1.82) is 0 Å². The number of ether oxygens (including phenoxy) is 1. The van der Waals surface area contributed by atoms with Gasteiger partial charge in [-0.15, -0.1) is 0 Å². The number of nitro groups is 1. The van der Waals surface area contributed by atoms with E-state index in [4.69, 9.17) is 4.74 Å². The van der Waals surface area contributed by atoms with Crippen LogP contribution in [0.4, 0.5) is 10.1 Å². The molecule has 7 heteroatoms. The fraction of sp³-hybridized carbons (Fsp3) is 0.214. The molecule has 1 aromatic heterocycles. The van der Waals surface area contributed by atoms with E-state index in [0.29, 0.717) is 6.54 Å². The smallest absolute Gasteiger partial charge is 0.272 e. The lowest BCUT2D eigenvalue weighted by atomic mass is 10.3. The average Bonchev–Trinajstić information content (AvgIpc) is 2.48. The first-order valence-corrected chi connectivity index (χ1v) is 6.37. The zero-order valence-corrected chi connectivity index (χ0v) is 11.4. The molecule has 110 valence electrons. The minimum atomic E-state index is -0.803. The van der Waals surface area contributed by atoms with E-state index in [9.17, 15) is 14.5 Å². The third kappa shape index (κ3) is 3.96. The summed E-state index contributed by atoms with van der Waals surface area (Å²) < 4.78 is 18.9. The summed E-state index contributed by atoms with van der Waals surface area (Å²) in [7, 11) is 0. The molecule has 0 aliphatic rings. The highest BCUT2D eigenvalue weighted by atomic mass is 19.1. The molecule has 0 bridgehead atoms. The molecule has 0 saturated carbocycles. The summed E-state index contributed by atoms with van der Waals surface area (Å²) in [6.45, 7) is 3.55. The number of nitrogens with zero attached hydrogens (tertiary/aromatic N) is 2. The number of aromatic nitrogens is 1. The van der Waals surface area contributed by atoms with Crippen molar-refractivity contribution in [2.45, 2.75) is 13.5 Å². The second kappa shape index (κ2) is 6.76. The third-order valence-corrected chi connectivity index (χ3v) is 2.72. The SMILES string of the molecule is CCNCc1ccc(Oc2ccc([N+](=O)[O-])cc2F)nc1. The van der Waals surface area contributed by atoms with Gasteiger partial charge in [-0.1, -0.05) is 13.0 Å². The Bertz CT molecular complexity index is 632. The van der Waals surface area contributed by atoms with Crippen LogP contribution in [-0.4, -0.2) is 16.5 Å². The van der Waals surface area contributed by atoms with Crippen LogP contribution in [0.3, 0.4) is 0 Å². The Morgan fingerprint density at radius 2 is 2.19 bits per heavy atom. The molecular formula is C14H14FN3O3. The topological polar surface area (TPSA) is 77.3 Å². The molecule has 0 spiro atoms. The number of hydrogen-bond acceptors (Lipinski definition) is 5. The fourth-order valence-electron chi connectivity index (χ4n) is 1.64. The molecule has 2 rings (SSSR count). The van der Waals surface area contributed by atoms with Crippen LogP contribution in [-0.2, 0) is 6.54 Å². The maximum absolute atomic E-state index is 13.7. The van der Waals surface area contributed by atoms with Gasteiger partial charge in [0.25, 0.3) is 5.69 Å². The average molecular weight is 291 g/mol. The van der Waals surface area contributed by atoms with Gasteiger partial charge in [0.1, 0.15) is 0 Å². The first kappa shape index (κ1) is 14.9. The number of hydrogen-bond donors (Lipinski definition) is 1. The second-order valence-corrected chi connectivity index (χ2v) is 4.26. The minimum absolute atomic E-state index is 0.104. The molecule has 0 fully saturated rings. The van der Waals surface area contributed by atoms with Gasteiger partial charge in [-0.25, -0.2) is 9.37 Å². The van der Waals surface area contributed by atoms with Crippen molar-refractivity contribution in [2.24, 2.45) is 0 Å². The first-order chi connectivity index (χ1) is 10.1. The number of halogens is 1. The van der Waals surface area contributed by atoms with Gasteiger partial charge < -0.3 is 10.1 Å². The van der Waals surface area contributed by atoms with E-state index < -0.39 is 10.7 Å². The van der Waals surface area contributed by atoms with E-state index in [-0.39, 0.29) is 17.3 Å². The summed E-state index contributed by atoms with van der Waals surface area (Å²) in [5, 5.41) is 13.7. The van der Waals surface area contributed by atoms with Gasteiger partial charge in [0.15, 0.2) is 11.6 Å². The molecule has 1 N–H and O–H groups in total. The van der Waals surface area contributed by atoms with E-state index >= 15 is 0 Å². The summed E-state index contributed by atoms with van der Waals surface area (Å²) >= 11 is 0. The quantitative estimate of drug-likeness (QED) is 0.654. The lowest BCUT2D eigenvalue weighted by Crippen LogP contribution is -2.11. The molecule has 1 aromatic carbocycles. The minimum Gasteiger partial charge on any atom is -0.436 e. The van der Waals surface area contributed by atoms with Crippen LogP contribution in [0.5, 0.6) is 11.6 Å². The molecule has 6 nitrogen and oxygen atoms in total. The molecule has 0 atom stereocenters. The largest absolute Gasteiger partial charge is 0.436 e. The van der Waals surface area contributed by atoms with E-state index in [0.717, 1.165) is 18.2 Å². The zero-order chi connectivity index (χ0) is 15.2. The number of nitro benzene ring substituents is 1. The van der Waals surface area contributed by atoms with Gasteiger partial charge in [-0.3, -0.25) is 10.1 Å². The standard InChI is InChI=1S/C14H14FN3O3/c1-2-16-8-10-3-6-14(17-9-10)21-13-5-4-11(18(19)20)7-12(13)15/h3-7,9,16H,2,8H2,1H3. The molecule has 1 heterocycles. The Hall–Kier alpha value is -2.54. The lowest BCUT2D eigenvalue weighted by molar-refractivity contribution is -0.385. The van der Waals surface area contributed by atoms with Crippen LogP contribution in [0.2, 0.25) is 0 Å². The number of non-ortho nitro benzene ring substituents is 1. The molecule has 2 aromatic rings. The molecule has 0 amide bonds. The van der Waals surface area contributed by atoms with Crippen molar-refractivity contribution in [2.75, 3.05) is 6.54 Å². The van der Waals surface area contributed by atoms with Crippen molar-refractivity contribution in [3.05, 3.63) is 58.0 Å². The van der Waals surface area contributed by atoms with E-state index in [1.54, 1.807) is 12.3 Å². The van der Waals surface area contributed by atoms with Gasteiger partial charge in [0.2, 0.25) is 5.88 Å². The highest BCUT2D eigenvalue weighted by molar-refractivity contribution is 5.39. The predicted octanol–water partition coefficient (Wildman–Crippen LogP) is 3.03. The normalized spacial score (nSPS) is 10.4. The zero-order valence-electron chi connectivity index (χ0n) is 11.4. The van der Waals surface area contributed by atoms with Crippen molar-refractivity contribution >= 4 is 5.69 Å². The molecular weight excluding hydrogens is 277 g/mol. The molecule has 0 aliphatic heterocycles. The van der Waals surface area contributed by atoms with E-state index in [2.05, 4.69) is 10.3 Å². The third-order valence-electron chi connectivity index (χ3n) is 2.72. The number of pyridine rings is 1. The lowest BCUT2D eigenvalue weighted by Gasteiger charge is -2.07. The van der Waals surface area contributed by atoms with Crippen LogP contribution in [0.1, 0.15) is 12.5 Å². The Morgan fingerprint density at radius 1 is 1.38 bits per heavy atom. The van der Waals surface area contributed by atoms with Gasteiger partial charge in [0, 0.05) is 24.9 Å². The van der Waals surface area contributed by atoms with Gasteiger partial charge >= 0.3 is 0 Å². The maximum atomic E-state index is 13.7. The van der Waals surface area contributed by atoms with Gasteiger partial charge in [0.05, 0.1) is 11.0 Å². The van der Waals surface area contributed by atoms with Crippen molar-refractivity contribution < 1.29 is 14.1 Å². The summed E-state index contributed by atoms with van der Waals surface area (Å²) in [4.78, 5) is 13.9. The summed E-state index contributed by atoms with van der Waals surface area (Å²) in [6, 6.07) is 6.64. The molecule has 0 radical (unpaired) electrons. The summed E-state index contributed by atoms with van der Waals surface area (Å²) in [5.74, 6) is -0.682. The highest BCUT2D eigenvalue weighted by Crippen LogP contribution is 2.26. The number of benzene rings is 1. The van der Waals surface area contributed by atoms with Crippen molar-refractivity contribution in [1.82, 2.24) is 10.3 Å². The molecule has 0 saturated heterocycles. The van der Waals surface area contributed by atoms with E-state index in [1.165, 1.54) is 12.1 Å². The van der Waals surface area contributed by atoms with Crippen LogP contribution in [0.25, 0.3) is 0 Å². The van der Waals surface area contributed by atoms with Crippen LogP contribution >= 0.6 is 0 Å². The first-order valence-electron chi connectivity index (χ1n) is 6.37. The highest BCUT2D eigenvalue weighted by Gasteiger charge is 2.12. The van der Waals surface area contributed by atoms with Crippen LogP contribution in [0, 0.1) is 15.9 Å². The van der Waals surface area contributed by atoms with Crippen molar-refractivity contribution in [3.8, 4) is 11.6 Å². The molecule has 0 unspecified atom stereocenters. The maximum Gasteiger partial charge on any atom is 0.272 e. The predicted molar refractivity (Wildman–Crippen MR) is 74.7 cm³/mol. The summed E-state index contributed by atoms with van der Waals surface area (Å²) in [5.41, 5.74) is 0.655. The Balaban J connectivity index is 2.09. The number of nitrogens with one attached hydrogen (secondary N) is 1. The summed E-state index contributed by atoms with van der Waals surface area (Å²) in [6.07, 6.45) is 1.63. The van der Waals surface area contributed by atoms with Crippen LogP contribution < -0.4 is 10.1 Å². The van der Waals surface area contributed by atoms with E-state index in [1.807, 2.05) is 13.0 Å². The Labute approximate surface area is 120 Å². The van der Waals surface area contributed by atoms with Gasteiger partial charge in [-0.2, -0.15) is 0 Å². The Morgan fingerprint density at radius 3 is 2.76 bits per heavy atom. The van der Waals surface area contributed by atoms with Crippen LogP contribution in [0.15, 0.2) is 36.5 Å². The fourth-order valence-corrected chi connectivity index (χ4v) is 1.64. The van der Waals surface area contributed by atoms with Gasteiger partial charge in [-0.05, 0) is 18.2 Å². The number of rotatable bonds is 6. The monoisotopic (exact) mass is 291 g/mol. The van der Waals surface area contributed by atoms with Crippen molar-refractivity contribution in [3.63, 3.8) is 0 Å².